The van der Waals surface area contributed by atoms with Crippen molar-refractivity contribution in [3.63, 3.8) is 0 Å². The molecule has 0 aliphatic rings. The molecule has 0 fully saturated rings. The summed E-state index contributed by atoms with van der Waals surface area (Å²) >= 11 is 11.9. The number of benzene rings is 1. The van der Waals surface area contributed by atoms with Crippen molar-refractivity contribution in [2.24, 2.45) is 0 Å². The Kier molecular flexibility index (Phi) is 5.08. The summed E-state index contributed by atoms with van der Waals surface area (Å²) in [5.41, 5.74) is 2.62. The second kappa shape index (κ2) is 7.12. The van der Waals surface area contributed by atoms with E-state index in [-0.39, 0.29) is 16.6 Å². The Hall–Kier alpha value is -1.95. The Bertz CT molecular complexity index is 1000. The minimum atomic E-state index is -0.521. The quantitative estimate of drug-likeness (QED) is 0.687. The zero-order valence-corrected chi connectivity index (χ0v) is 15.2. The zero-order chi connectivity index (χ0) is 18.1. The normalized spacial score (nSPS) is 12.5. The van der Waals surface area contributed by atoms with Crippen LogP contribution in [-0.4, -0.2) is 9.38 Å². The first-order chi connectivity index (χ1) is 11.8. The number of pyridine rings is 1. The Morgan fingerprint density at radius 2 is 2.00 bits per heavy atom. The molecule has 130 valence electrons. The van der Waals surface area contributed by atoms with Crippen LogP contribution in [0.5, 0.6) is 0 Å². The first-order valence-electron chi connectivity index (χ1n) is 7.72. The molecule has 1 N–H and O–H groups in total. The van der Waals surface area contributed by atoms with Gasteiger partial charge in [0.1, 0.15) is 11.5 Å². The number of hydrogen-bond donors (Lipinski definition) is 1. The fraction of sp³-hybridized carbons (Fsp3) is 0.222. The number of hydrogen-bond acceptors (Lipinski definition) is 3. The van der Waals surface area contributed by atoms with Gasteiger partial charge in [0.25, 0.3) is 5.56 Å². The van der Waals surface area contributed by atoms with Crippen LogP contribution in [-0.2, 0) is 6.54 Å². The van der Waals surface area contributed by atoms with Gasteiger partial charge in [-0.3, -0.25) is 9.20 Å². The van der Waals surface area contributed by atoms with Gasteiger partial charge in [-0.05, 0) is 43.2 Å². The predicted molar refractivity (Wildman–Crippen MR) is 97.9 cm³/mol. The summed E-state index contributed by atoms with van der Waals surface area (Å²) in [4.78, 5) is 16.7. The first-order valence-corrected chi connectivity index (χ1v) is 8.47. The number of nitrogens with one attached hydrogen (secondary N) is 1. The molecular formula is C18H16Cl2FN3O. The van der Waals surface area contributed by atoms with Crippen LogP contribution in [0.25, 0.3) is 5.65 Å². The highest BCUT2D eigenvalue weighted by Crippen LogP contribution is 2.28. The van der Waals surface area contributed by atoms with Gasteiger partial charge < -0.3 is 5.32 Å². The topological polar surface area (TPSA) is 46.4 Å². The van der Waals surface area contributed by atoms with E-state index in [1.165, 1.54) is 22.6 Å². The van der Waals surface area contributed by atoms with Crippen LogP contribution in [0, 0.1) is 12.7 Å². The summed E-state index contributed by atoms with van der Waals surface area (Å²) in [5.74, 6) is -0.521. The average Bonchev–Trinajstić information content (AvgIpc) is 2.56. The number of aromatic nitrogens is 2. The van der Waals surface area contributed by atoms with Crippen LogP contribution in [0.15, 0.2) is 41.3 Å². The average molecular weight is 380 g/mol. The second-order valence-electron chi connectivity index (χ2n) is 5.91. The van der Waals surface area contributed by atoms with Gasteiger partial charge in [0.2, 0.25) is 0 Å². The van der Waals surface area contributed by atoms with E-state index in [2.05, 4.69) is 10.3 Å². The molecule has 0 saturated heterocycles. The molecular weight excluding hydrogens is 364 g/mol. The van der Waals surface area contributed by atoms with E-state index < -0.39 is 5.82 Å². The Labute approximate surface area is 154 Å². The fourth-order valence-electron chi connectivity index (χ4n) is 2.59. The van der Waals surface area contributed by atoms with E-state index in [1.54, 1.807) is 12.3 Å². The third kappa shape index (κ3) is 3.84. The molecule has 0 aliphatic heterocycles. The first kappa shape index (κ1) is 17.9. The van der Waals surface area contributed by atoms with Gasteiger partial charge in [0.15, 0.2) is 0 Å². The highest BCUT2D eigenvalue weighted by molar-refractivity contribution is 6.35. The molecule has 0 bridgehead atoms. The van der Waals surface area contributed by atoms with Crippen molar-refractivity contribution in [2.75, 3.05) is 0 Å². The van der Waals surface area contributed by atoms with Gasteiger partial charge in [0, 0.05) is 29.9 Å². The number of fused-ring (bicyclic) bond motifs is 1. The number of nitrogens with zero attached hydrogens (tertiary/aromatic N) is 2. The minimum absolute atomic E-state index is 0.0135. The highest BCUT2D eigenvalue weighted by Gasteiger charge is 2.14. The molecule has 3 rings (SSSR count). The third-order valence-corrected chi connectivity index (χ3v) is 4.57. The van der Waals surface area contributed by atoms with Gasteiger partial charge in [0.05, 0.1) is 10.7 Å². The standard InChI is InChI=1S/C18H16Cl2FN3O/c1-10-3-4-17-23-12(5-18(25)24(17)9-10)8-22-11(2)13-6-16(21)15(20)7-14(13)19/h3-7,9,11,22H,8H2,1-2H3/t11-/m1/s1. The summed E-state index contributed by atoms with van der Waals surface area (Å²) in [6.07, 6.45) is 1.75. The minimum Gasteiger partial charge on any atom is -0.305 e. The van der Waals surface area contributed by atoms with Gasteiger partial charge in [-0.1, -0.05) is 29.3 Å². The second-order valence-corrected chi connectivity index (χ2v) is 6.73. The smallest absolute Gasteiger partial charge is 0.258 e. The van der Waals surface area contributed by atoms with Crippen molar-refractivity contribution >= 4 is 28.8 Å². The molecule has 0 unspecified atom stereocenters. The number of halogens is 3. The maximum Gasteiger partial charge on any atom is 0.258 e. The van der Waals surface area contributed by atoms with Crippen LogP contribution in [0.3, 0.4) is 0 Å². The van der Waals surface area contributed by atoms with Crippen molar-refractivity contribution in [2.45, 2.75) is 26.4 Å². The van der Waals surface area contributed by atoms with Crippen LogP contribution in [0.1, 0.15) is 29.8 Å². The molecule has 4 nitrogen and oxygen atoms in total. The van der Waals surface area contributed by atoms with E-state index in [9.17, 15) is 9.18 Å². The van der Waals surface area contributed by atoms with Crippen molar-refractivity contribution in [3.05, 3.63) is 79.6 Å². The SMILES string of the molecule is Cc1ccc2nc(CN[C@H](C)c3cc(F)c(Cl)cc3Cl)cc(=O)n2c1. The Balaban J connectivity index is 1.82. The summed E-state index contributed by atoms with van der Waals surface area (Å²) in [6, 6.07) is 7.64. The predicted octanol–water partition coefficient (Wildman–Crippen LogP) is 4.30. The lowest BCUT2D eigenvalue weighted by molar-refractivity contribution is 0.559. The molecule has 0 aliphatic carbocycles. The lowest BCUT2D eigenvalue weighted by Crippen LogP contribution is -2.22. The molecule has 25 heavy (non-hydrogen) atoms. The Morgan fingerprint density at radius 1 is 1.24 bits per heavy atom. The van der Waals surface area contributed by atoms with E-state index in [4.69, 9.17) is 23.2 Å². The van der Waals surface area contributed by atoms with Crippen LogP contribution >= 0.6 is 23.2 Å². The van der Waals surface area contributed by atoms with Crippen molar-refractivity contribution < 1.29 is 4.39 Å². The lowest BCUT2D eigenvalue weighted by Gasteiger charge is -2.16. The van der Waals surface area contributed by atoms with Gasteiger partial charge in [-0.25, -0.2) is 9.37 Å². The molecule has 1 atom stereocenters. The Morgan fingerprint density at radius 3 is 2.76 bits per heavy atom. The van der Waals surface area contributed by atoms with E-state index >= 15 is 0 Å². The highest BCUT2D eigenvalue weighted by atomic mass is 35.5. The molecule has 2 heterocycles. The van der Waals surface area contributed by atoms with Crippen molar-refractivity contribution in [1.82, 2.24) is 14.7 Å². The van der Waals surface area contributed by atoms with Crippen LogP contribution in [0.4, 0.5) is 4.39 Å². The number of rotatable bonds is 4. The summed E-state index contributed by atoms with van der Waals surface area (Å²) in [5, 5.41) is 3.57. The molecule has 0 amide bonds. The molecule has 1 aromatic carbocycles. The van der Waals surface area contributed by atoms with Crippen molar-refractivity contribution in [3.8, 4) is 0 Å². The summed E-state index contributed by atoms with van der Waals surface area (Å²) < 4.78 is 15.2. The molecule has 0 spiro atoms. The molecule has 7 heteroatoms. The van der Waals surface area contributed by atoms with Crippen LogP contribution in [0.2, 0.25) is 10.0 Å². The molecule has 0 saturated carbocycles. The molecule has 0 radical (unpaired) electrons. The van der Waals surface area contributed by atoms with E-state index in [0.29, 0.717) is 28.5 Å². The maximum atomic E-state index is 13.7. The zero-order valence-electron chi connectivity index (χ0n) is 13.7. The fourth-order valence-corrected chi connectivity index (χ4v) is 3.13. The number of aryl methyl sites for hydroxylation is 1. The van der Waals surface area contributed by atoms with E-state index in [0.717, 1.165) is 5.56 Å². The summed E-state index contributed by atoms with van der Waals surface area (Å²) in [7, 11) is 0. The van der Waals surface area contributed by atoms with Crippen molar-refractivity contribution in [1.29, 1.82) is 0 Å². The molecule has 2 aromatic heterocycles. The van der Waals surface area contributed by atoms with Crippen LogP contribution < -0.4 is 10.9 Å². The maximum absolute atomic E-state index is 13.7. The lowest BCUT2D eigenvalue weighted by atomic mass is 10.1. The third-order valence-electron chi connectivity index (χ3n) is 3.96. The van der Waals surface area contributed by atoms with E-state index in [1.807, 2.05) is 19.9 Å². The summed E-state index contributed by atoms with van der Waals surface area (Å²) in [6.45, 7) is 4.12. The van der Waals surface area contributed by atoms with Gasteiger partial charge >= 0.3 is 0 Å². The monoisotopic (exact) mass is 379 g/mol. The van der Waals surface area contributed by atoms with Gasteiger partial charge in [-0.15, -0.1) is 0 Å². The van der Waals surface area contributed by atoms with Gasteiger partial charge in [-0.2, -0.15) is 0 Å². The molecule has 3 aromatic rings. The largest absolute Gasteiger partial charge is 0.305 e.